The SMILES string of the molecule is CC.Cc1ccc2c(c1)NCC(=O)N2. The average molecular weight is 192 g/mol. The maximum Gasteiger partial charge on any atom is 0.243 e. The van der Waals surface area contributed by atoms with Crippen LogP contribution in [0.25, 0.3) is 0 Å². The van der Waals surface area contributed by atoms with Crippen LogP contribution in [0.3, 0.4) is 0 Å². The minimum atomic E-state index is 0.0198. The first kappa shape index (κ1) is 10.6. The van der Waals surface area contributed by atoms with Crippen LogP contribution in [0.2, 0.25) is 0 Å². The van der Waals surface area contributed by atoms with Crippen molar-refractivity contribution in [2.75, 3.05) is 17.2 Å². The van der Waals surface area contributed by atoms with Gasteiger partial charge in [0.05, 0.1) is 17.9 Å². The summed E-state index contributed by atoms with van der Waals surface area (Å²) in [6.07, 6.45) is 0. The lowest BCUT2D eigenvalue weighted by molar-refractivity contribution is -0.114. The van der Waals surface area contributed by atoms with Crippen LogP contribution in [-0.2, 0) is 4.79 Å². The van der Waals surface area contributed by atoms with Crippen molar-refractivity contribution in [2.24, 2.45) is 0 Å². The summed E-state index contributed by atoms with van der Waals surface area (Å²) in [5.41, 5.74) is 3.07. The summed E-state index contributed by atoms with van der Waals surface area (Å²) in [7, 11) is 0. The number of hydrogen-bond acceptors (Lipinski definition) is 2. The highest BCUT2D eigenvalue weighted by Gasteiger charge is 2.12. The van der Waals surface area contributed by atoms with E-state index in [2.05, 4.69) is 10.6 Å². The molecule has 1 aliphatic rings. The Hall–Kier alpha value is -1.51. The molecule has 0 spiro atoms. The number of fused-ring (bicyclic) bond motifs is 1. The van der Waals surface area contributed by atoms with Crippen molar-refractivity contribution in [1.29, 1.82) is 0 Å². The molecule has 0 aromatic heterocycles. The lowest BCUT2D eigenvalue weighted by Gasteiger charge is -2.18. The number of anilines is 2. The van der Waals surface area contributed by atoms with Gasteiger partial charge in [-0.3, -0.25) is 4.79 Å². The minimum absolute atomic E-state index is 0.0198. The van der Waals surface area contributed by atoms with Crippen LogP contribution in [0.1, 0.15) is 19.4 Å². The van der Waals surface area contributed by atoms with Gasteiger partial charge in [0, 0.05) is 0 Å². The van der Waals surface area contributed by atoms with Crippen molar-refractivity contribution in [1.82, 2.24) is 0 Å². The summed E-state index contributed by atoms with van der Waals surface area (Å²) < 4.78 is 0. The van der Waals surface area contributed by atoms with Gasteiger partial charge in [-0.25, -0.2) is 0 Å². The monoisotopic (exact) mass is 192 g/mol. The summed E-state index contributed by atoms with van der Waals surface area (Å²) in [6.45, 7) is 6.40. The first-order valence-corrected chi connectivity index (χ1v) is 4.90. The van der Waals surface area contributed by atoms with E-state index in [0.717, 1.165) is 11.4 Å². The zero-order valence-corrected chi connectivity index (χ0v) is 8.85. The molecule has 0 bridgehead atoms. The topological polar surface area (TPSA) is 41.1 Å². The summed E-state index contributed by atoms with van der Waals surface area (Å²) in [5, 5.41) is 5.83. The van der Waals surface area contributed by atoms with Crippen LogP contribution < -0.4 is 10.6 Å². The molecule has 3 nitrogen and oxygen atoms in total. The molecule has 0 aliphatic carbocycles. The number of aryl methyl sites for hydroxylation is 1. The molecule has 0 saturated heterocycles. The summed E-state index contributed by atoms with van der Waals surface area (Å²) in [6, 6.07) is 5.91. The predicted molar refractivity (Wildman–Crippen MR) is 59.6 cm³/mol. The number of hydrogen-bond donors (Lipinski definition) is 2. The smallest absolute Gasteiger partial charge is 0.243 e. The second-order valence-corrected chi connectivity index (χ2v) is 2.95. The molecule has 0 radical (unpaired) electrons. The molecule has 0 unspecified atom stereocenters. The molecule has 1 aromatic rings. The Kier molecular flexibility index (Phi) is 3.51. The molecule has 76 valence electrons. The van der Waals surface area contributed by atoms with Gasteiger partial charge in [-0.1, -0.05) is 19.9 Å². The predicted octanol–water partition coefficient (Wildman–Crippen LogP) is 2.39. The van der Waals surface area contributed by atoms with Crippen LogP contribution in [0.15, 0.2) is 18.2 Å². The lowest BCUT2D eigenvalue weighted by Crippen LogP contribution is -2.27. The summed E-state index contributed by atoms with van der Waals surface area (Å²) >= 11 is 0. The zero-order chi connectivity index (χ0) is 10.6. The molecule has 0 atom stereocenters. The third-order valence-electron chi connectivity index (χ3n) is 1.89. The summed E-state index contributed by atoms with van der Waals surface area (Å²) in [5.74, 6) is 0.0198. The van der Waals surface area contributed by atoms with E-state index in [1.54, 1.807) is 0 Å². The maximum atomic E-state index is 10.9. The zero-order valence-electron chi connectivity index (χ0n) is 8.85. The van der Waals surface area contributed by atoms with E-state index < -0.39 is 0 Å². The van der Waals surface area contributed by atoms with Crippen molar-refractivity contribution in [3.05, 3.63) is 23.8 Å². The molecule has 1 amide bonds. The van der Waals surface area contributed by atoms with Gasteiger partial charge in [0.2, 0.25) is 5.91 Å². The Balaban J connectivity index is 0.000000461. The fourth-order valence-electron chi connectivity index (χ4n) is 1.28. The number of rotatable bonds is 0. The van der Waals surface area contributed by atoms with Crippen LogP contribution in [0.4, 0.5) is 11.4 Å². The minimum Gasteiger partial charge on any atom is -0.374 e. The first-order chi connectivity index (χ1) is 6.75. The van der Waals surface area contributed by atoms with Gasteiger partial charge in [0.25, 0.3) is 0 Å². The van der Waals surface area contributed by atoms with Crippen LogP contribution >= 0.6 is 0 Å². The molecule has 2 rings (SSSR count). The van der Waals surface area contributed by atoms with E-state index in [1.807, 2.05) is 39.0 Å². The number of benzene rings is 1. The van der Waals surface area contributed by atoms with Crippen molar-refractivity contribution in [2.45, 2.75) is 20.8 Å². The van der Waals surface area contributed by atoms with E-state index >= 15 is 0 Å². The van der Waals surface area contributed by atoms with Gasteiger partial charge in [-0.05, 0) is 24.6 Å². The molecule has 2 N–H and O–H groups in total. The second-order valence-electron chi connectivity index (χ2n) is 2.95. The van der Waals surface area contributed by atoms with E-state index in [1.165, 1.54) is 5.56 Å². The first-order valence-electron chi connectivity index (χ1n) is 4.90. The van der Waals surface area contributed by atoms with E-state index in [-0.39, 0.29) is 5.91 Å². The molecule has 14 heavy (non-hydrogen) atoms. The van der Waals surface area contributed by atoms with Gasteiger partial charge in [-0.15, -0.1) is 0 Å². The maximum absolute atomic E-state index is 10.9. The molecule has 0 saturated carbocycles. The normalized spacial score (nSPS) is 12.9. The van der Waals surface area contributed by atoms with Crippen LogP contribution in [-0.4, -0.2) is 12.5 Å². The van der Waals surface area contributed by atoms with E-state index in [9.17, 15) is 4.79 Å². The van der Waals surface area contributed by atoms with Crippen LogP contribution in [0.5, 0.6) is 0 Å². The fourth-order valence-corrected chi connectivity index (χ4v) is 1.28. The van der Waals surface area contributed by atoms with Gasteiger partial charge in [0.1, 0.15) is 0 Å². The van der Waals surface area contributed by atoms with Crippen LogP contribution in [0, 0.1) is 6.92 Å². The molecular formula is C11H16N2O. The number of carbonyl (C=O) groups is 1. The van der Waals surface area contributed by atoms with Crippen molar-refractivity contribution in [3.63, 3.8) is 0 Å². The highest BCUT2D eigenvalue weighted by atomic mass is 16.2. The van der Waals surface area contributed by atoms with Crippen molar-refractivity contribution in [3.8, 4) is 0 Å². The lowest BCUT2D eigenvalue weighted by atomic mass is 10.1. The van der Waals surface area contributed by atoms with Gasteiger partial charge in [-0.2, -0.15) is 0 Å². The molecular weight excluding hydrogens is 176 g/mol. The average Bonchev–Trinajstić information content (AvgIpc) is 2.21. The third-order valence-corrected chi connectivity index (χ3v) is 1.89. The number of nitrogens with one attached hydrogen (secondary N) is 2. The molecule has 1 aromatic carbocycles. The largest absolute Gasteiger partial charge is 0.374 e. The molecule has 0 fully saturated rings. The Bertz CT molecular complexity index is 334. The Labute approximate surface area is 84.5 Å². The summed E-state index contributed by atoms with van der Waals surface area (Å²) in [4.78, 5) is 10.9. The van der Waals surface area contributed by atoms with Gasteiger partial charge < -0.3 is 10.6 Å². The number of carbonyl (C=O) groups excluding carboxylic acids is 1. The van der Waals surface area contributed by atoms with Crippen molar-refractivity contribution >= 4 is 17.3 Å². The quantitative estimate of drug-likeness (QED) is 0.662. The Morgan fingerprint density at radius 2 is 1.93 bits per heavy atom. The Morgan fingerprint density at radius 1 is 1.21 bits per heavy atom. The van der Waals surface area contributed by atoms with E-state index in [0.29, 0.717) is 6.54 Å². The van der Waals surface area contributed by atoms with Gasteiger partial charge >= 0.3 is 0 Å². The third kappa shape index (κ3) is 2.25. The Morgan fingerprint density at radius 3 is 2.64 bits per heavy atom. The second kappa shape index (κ2) is 4.65. The highest BCUT2D eigenvalue weighted by molar-refractivity contribution is 6.00. The molecule has 1 aliphatic heterocycles. The number of amides is 1. The highest BCUT2D eigenvalue weighted by Crippen LogP contribution is 2.24. The molecule has 3 heteroatoms. The fraction of sp³-hybridized carbons (Fsp3) is 0.364. The standard InChI is InChI=1S/C9H10N2O.C2H6/c1-6-2-3-7-8(4-6)10-5-9(12)11-7;1-2/h2-4,10H,5H2,1H3,(H,11,12);1-2H3. The van der Waals surface area contributed by atoms with Crippen molar-refractivity contribution < 1.29 is 4.79 Å². The van der Waals surface area contributed by atoms with Gasteiger partial charge in [0.15, 0.2) is 0 Å². The molecule has 1 heterocycles. The van der Waals surface area contributed by atoms with E-state index in [4.69, 9.17) is 0 Å².